The molecule has 1 aromatic heterocycles. The molecular formula is C6H9BrN2O. The molecule has 0 atom stereocenters. The van der Waals surface area contributed by atoms with Gasteiger partial charge in [0, 0.05) is 0 Å². The van der Waals surface area contributed by atoms with Gasteiger partial charge in [0.25, 0.3) is 0 Å². The van der Waals surface area contributed by atoms with E-state index in [-0.39, 0.29) is 17.0 Å². The van der Waals surface area contributed by atoms with Crippen molar-refractivity contribution in [3.05, 3.63) is 18.3 Å². The summed E-state index contributed by atoms with van der Waals surface area (Å²) in [6.45, 7) is 0. The van der Waals surface area contributed by atoms with Crippen molar-refractivity contribution >= 4 is 22.8 Å². The highest BCUT2D eigenvalue weighted by atomic mass is 79.9. The normalized spacial score (nSPS) is 8.10. The van der Waals surface area contributed by atoms with Gasteiger partial charge in [-0.05, 0) is 12.1 Å². The van der Waals surface area contributed by atoms with E-state index < -0.39 is 0 Å². The Morgan fingerprint density at radius 2 is 2.20 bits per heavy atom. The third-order valence-corrected chi connectivity index (χ3v) is 0.995. The molecule has 0 radical (unpaired) electrons. The zero-order valence-corrected chi connectivity index (χ0v) is 7.29. The van der Waals surface area contributed by atoms with E-state index in [0.29, 0.717) is 5.82 Å². The average Bonchev–Trinajstić information content (AvgIpc) is 1.90. The van der Waals surface area contributed by atoms with Crippen LogP contribution < -0.4 is 10.5 Å². The first-order valence-corrected chi connectivity index (χ1v) is 2.58. The quantitative estimate of drug-likeness (QED) is 0.750. The van der Waals surface area contributed by atoms with Crippen molar-refractivity contribution in [1.29, 1.82) is 0 Å². The molecule has 10 heavy (non-hydrogen) atoms. The number of hydrogen-bond donors (Lipinski definition) is 1. The fourth-order valence-corrected chi connectivity index (χ4v) is 0.512. The Kier molecular flexibility index (Phi) is 3.79. The van der Waals surface area contributed by atoms with Crippen molar-refractivity contribution < 1.29 is 4.74 Å². The van der Waals surface area contributed by atoms with Gasteiger partial charge >= 0.3 is 0 Å². The van der Waals surface area contributed by atoms with E-state index in [1.807, 2.05) is 0 Å². The third kappa shape index (κ3) is 2.23. The number of hydrogen-bond acceptors (Lipinski definition) is 3. The Hall–Kier alpha value is -0.770. The molecule has 0 bridgehead atoms. The van der Waals surface area contributed by atoms with Gasteiger partial charge < -0.3 is 10.5 Å². The Morgan fingerprint density at radius 3 is 2.60 bits per heavy atom. The van der Waals surface area contributed by atoms with Crippen molar-refractivity contribution in [1.82, 2.24) is 4.98 Å². The van der Waals surface area contributed by atoms with Gasteiger partial charge in [0.1, 0.15) is 11.6 Å². The number of ether oxygens (including phenoxy) is 1. The lowest BCUT2D eigenvalue weighted by atomic mass is 10.4. The third-order valence-electron chi connectivity index (χ3n) is 0.995. The molecule has 0 fully saturated rings. The maximum Gasteiger partial charge on any atom is 0.137 e. The second kappa shape index (κ2) is 4.11. The van der Waals surface area contributed by atoms with Crippen molar-refractivity contribution in [2.24, 2.45) is 0 Å². The van der Waals surface area contributed by atoms with Crippen LogP contribution in [0.3, 0.4) is 0 Å². The average molecular weight is 205 g/mol. The number of methoxy groups -OCH3 is 1. The predicted octanol–water partition coefficient (Wildman–Crippen LogP) is 1.25. The van der Waals surface area contributed by atoms with Gasteiger partial charge in [0.2, 0.25) is 0 Å². The van der Waals surface area contributed by atoms with Gasteiger partial charge in [-0.1, -0.05) is 0 Å². The summed E-state index contributed by atoms with van der Waals surface area (Å²) in [7, 11) is 1.59. The minimum atomic E-state index is 0. The molecule has 0 aliphatic carbocycles. The summed E-state index contributed by atoms with van der Waals surface area (Å²) in [6, 6.07) is 3.46. The molecule has 1 aromatic rings. The maximum atomic E-state index is 5.31. The van der Waals surface area contributed by atoms with Crippen LogP contribution in [0, 0.1) is 0 Å². The van der Waals surface area contributed by atoms with Crippen LogP contribution in [0.4, 0.5) is 5.82 Å². The summed E-state index contributed by atoms with van der Waals surface area (Å²) in [5.41, 5.74) is 5.31. The highest BCUT2D eigenvalue weighted by Crippen LogP contribution is 2.07. The van der Waals surface area contributed by atoms with Crippen molar-refractivity contribution in [3.8, 4) is 5.75 Å². The van der Waals surface area contributed by atoms with Gasteiger partial charge in [-0.3, -0.25) is 0 Å². The second-order valence-corrected chi connectivity index (χ2v) is 1.62. The molecule has 1 rings (SSSR count). The number of nitrogens with zero attached hydrogens (tertiary/aromatic N) is 1. The molecule has 4 heteroatoms. The molecule has 0 aliphatic heterocycles. The van der Waals surface area contributed by atoms with Crippen LogP contribution in [-0.4, -0.2) is 12.1 Å². The highest BCUT2D eigenvalue weighted by molar-refractivity contribution is 8.93. The van der Waals surface area contributed by atoms with Crippen molar-refractivity contribution in [2.75, 3.05) is 12.8 Å². The Morgan fingerprint density at radius 1 is 1.50 bits per heavy atom. The van der Waals surface area contributed by atoms with E-state index in [1.165, 1.54) is 0 Å². The molecule has 1 heterocycles. The Balaban J connectivity index is 0.000000810. The van der Waals surface area contributed by atoms with Crippen LogP contribution in [-0.2, 0) is 0 Å². The van der Waals surface area contributed by atoms with Gasteiger partial charge in [-0.25, -0.2) is 4.98 Å². The maximum absolute atomic E-state index is 5.31. The standard InChI is InChI=1S/C6H8N2O.BrH/c1-9-5-2-3-6(7)8-4-5;/h2-4H,1H3,(H2,7,8);1H. The van der Waals surface area contributed by atoms with E-state index in [9.17, 15) is 0 Å². The molecule has 0 aliphatic rings. The predicted molar refractivity (Wildman–Crippen MR) is 45.5 cm³/mol. The van der Waals surface area contributed by atoms with E-state index in [1.54, 1.807) is 25.4 Å². The lowest BCUT2D eigenvalue weighted by molar-refractivity contribution is 0.413. The van der Waals surface area contributed by atoms with E-state index in [2.05, 4.69) is 4.98 Å². The van der Waals surface area contributed by atoms with Crippen LogP contribution in [0.25, 0.3) is 0 Å². The summed E-state index contributed by atoms with van der Waals surface area (Å²) < 4.78 is 4.85. The SMILES string of the molecule is Br.COc1ccc(N)nc1. The lowest BCUT2D eigenvalue weighted by Gasteiger charge is -1.96. The van der Waals surface area contributed by atoms with Crippen LogP contribution in [0.1, 0.15) is 0 Å². The van der Waals surface area contributed by atoms with E-state index in [4.69, 9.17) is 10.5 Å². The lowest BCUT2D eigenvalue weighted by Crippen LogP contribution is -1.89. The molecule has 3 nitrogen and oxygen atoms in total. The van der Waals surface area contributed by atoms with Gasteiger partial charge in [0.05, 0.1) is 13.3 Å². The molecule has 0 aromatic carbocycles. The highest BCUT2D eigenvalue weighted by Gasteiger charge is 1.87. The van der Waals surface area contributed by atoms with E-state index in [0.717, 1.165) is 5.75 Å². The number of nitrogen functional groups attached to an aromatic ring is 1. The summed E-state index contributed by atoms with van der Waals surface area (Å²) in [6.07, 6.45) is 1.58. The molecule has 0 spiro atoms. The summed E-state index contributed by atoms with van der Waals surface area (Å²) in [4.78, 5) is 3.80. The van der Waals surface area contributed by atoms with Crippen molar-refractivity contribution in [2.45, 2.75) is 0 Å². The number of aromatic nitrogens is 1. The van der Waals surface area contributed by atoms with Crippen LogP contribution in [0.15, 0.2) is 18.3 Å². The summed E-state index contributed by atoms with van der Waals surface area (Å²) >= 11 is 0. The fourth-order valence-electron chi connectivity index (χ4n) is 0.512. The molecule has 0 unspecified atom stereocenters. The van der Waals surface area contributed by atoms with E-state index >= 15 is 0 Å². The topological polar surface area (TPSA) is 48.1 Å². The second-order valence-electron chi connectivity index (χ2n) is 1.62. The largest absolute Gasteiger partial charge is 0.495 e. The molecule has 0 amide bonds. The zero-order valence-electron chi connectivity index (χ0n) is 5.57. The molecular weight excluding hydrogens is 196 g/mol. The van der Waals surface area contributed by atoms with Crippen LogP contribution in [0.5, 0.6) is 5.75 Å². The fraction of sp³-hybridized carbons (Fsp3) is 0.167. The zero-order chi connectivity index (χ0) is 6.69. The summed E-state index contributed by atoms with van der Waals surface area (Å²) in [5, 5.41) is 0. The number of pyridine rings is 1. The first kappa shape index (κ1) is 9.23. The van der Waals surface area contributed by atoms with Crippen LogP contribution >= 0.6 is 17.0 Å². The van der Waals surface area contributed by atoms with Gasteiger partial charge in [-0.15, -0.1) is 17.0 Å². The molecule has 0 saturated carbocycles. The first-order chi connectivity index (χ1) is 4.33. The Bertz CT molecular complexity index is 187. The number of halogens is 1. The van der Waals surface area contributed by atoms with Crippen molar-refractivity contribution in [3.63, 3.8) is 0 Å². The minimum Gasteiger partial charge on any atom is -0.495 e. The van der Waals surface area contributed by atoms with Crippen LogP contribution in [0.2, 0.25) is 0 Å². The number of nitrogens with two attached hydrogens (primary N) is 1. The molecule has 2 N–H and O–H groups in total. The van der Waals surface area contributed by atoms with Gasteiger partial charge in [0.15, 0.2) is 0 Å². The molecule has 0 saturated heterocycles. The monoisotopic (exact) mass is 204 g/mol. The number of anilines is 1. The smallest absolute Gasteiger partial charge is 0.137 e. The van der Waals surface area contributed by atoms with Gasteiger partial charge in [-0.2, -0.15) is 0 Å². The Labute approximate surface area is 70.0 Å². The minimum absolute atomic E-state index is 0. The number of rotatable bonds is 1. The molecule has 56 valence electrons. The summed E-state index contributed by atoms with van der Waals surface area (Å²) in [5.74, 6) is 1.24. The first-order valence-electron chi connectivity index (χ1n) is 2.58.